The van der Waals surface area contributed by atoms with Crippen molar-refractivity contribution in [3.63, 3.8) is 0 Å². The molecule has 154 valence electrons. The second-order valence-corrected chi connectivity index (χ2v) is 7.29. The molecule has 0 bridgehead atoms. The third-order valence-electron chi connectivity index (χ3n) is 4.18. The van der Waals surface area contributed by atoms with Crippen LogP contribution in [0.1, 0.15) is 6.92 Å². The summed E-state index contributed by atoms with van der Waals surface area (Å²) in [5.41, 5.74) is 1.74. The van der Waals surface area contributed by atoms with Crippen molar-refractivity contribution in [2.75, 3.05) is 17.7 Å². The smallest absolute Gasteiger partial charge is 0.293 e. The molecule has 0 aromatic heterocycles. The minimum Gasteiger partial charge on any atom is -0.497 e. The van der Waals surface area contributed by atoms with Gasteiger partial charge in [0.25, 0.3) is 5.69 Å². The number of nitrogens with zero attached hydrogens (tertiary/aromatic N) is 1. The molecule has 1 amide bonds. The molecule has 0 aliphatic rings. The second kappa shape index (κ2) is 8.91. The van der Waals surface area contributed by atoms with Crippen molar-refractivity contribution in [1.82, 2.24) is 0 Å². The highest BCUT2D eigenvalue weighted by Crippen LogP contribution is 2.35. The summed E-state index contributed by atoms with van der Waals surface area (Å²) in [5, 5.41) is 17.0. The average molecular weight is 474 g/mol. The Hall–Kier alpha value is -3.46. The molecule has 0 atom stereocenters. The van der Waals surface area contributed by atoms with Gasteiger partial charge in [0.2, 0.25) is 5.91 Å². The Morgan fingerprint density at radius 2 is 1.83 bits per heavy atom. The second-order valence-electron chi connectivity index (χ2n) is 6.37. The summed E-state index contributed by atoms with van der Waals surface area (Å²) in [6.45, 7) is 1.35. The lowest BCUT2D eigenvalue weighted by Crippen LogP contribution is -2.06. The van der Waals surface area contributed by atoms with E-state index < -0.39 is 10.7 Å². The summed E-state index contributed by atoms with van der Waals surface area (Å²) in [5.74, 6) is -0.434. The molecule has 7 nitrogen and oxygen atoms in total. The number of nitrogens with one attached hydrogen (secondary N) is 2. The molecule has 3 aromatic carbocycles. The Kier molecular flexibility index (Phi) is 6.31. The van der Waals surface area contributed by atoms with Gasteiger partial charge >= 0.3 is 0 Å². The predicted molar refractivity (Wildman–Crippen MR) is 117 cm³/mol. The topological polar surface area (TPSA) is 93.5 Å². The summed E-state index contributed by atoms with van der Waals surface area (Å²) in [6, 6.07) is 13.9. The van der Waals surface area contributed by atoms with E-state index in [1.54, 1.807) is 42.5 Å². The number of methoxy groups -OCH3 is 1. The van der Waals surface area contributed by atoms with E-state index in [9.17, 15) is 19.3 Å². The Morgan fingerprint density at radius 3 is 2.47 bits per heavy atom. The maximum atomic E-state index is 14.6. The zero-order chi connectivity index (χ0) is 21.8. The van der Waals surface area contributed by atoms with Crippen molar-refractivity contribution in [3.8, 4) is 16.9 Å². The molecular weight excluding hydrogens is 457 g/mol. The van der Waals surface area contributed by atoms with E-state index in [2.05, 4.69) is 26.6 Å². The molecule has 0 radical (unpaired) electrons. The van der Waals surface area contributed by atoms with Gasteiger partial charge in [0, 0.05) is 40.5 Å². The van der Waals surface area contributed by atoms with Crippen LogP contribution < -0.4 is 15.4 Å². The molecule has 0 heterocycles. The number of ether oxygens (including phenoxy) is 1. The number of carbonyl (C=O) groups is 1. The van der Waals surface area contributed by atoms with E-state index >= 15 is 0 Å². The van der Waals surface area contributed by atoms with Gasteiger partial charge in [-0.25, -0.2) is 4.39 Å². The Bertz CT molecular complexity index is 1140. The first kappa shape index (κ1) is 21.3. The molecule has 0 aliphatic heterocycles. The van der Waals surface area contributed by atoms with Crippen molar-refractivity contribution in [3.05, 3.63) is 75.0 Å². The third-order valence-corrected chi connectivity index (χ3v) is 4.67. The third kappa shape index (κ3) is 4.93. The SMILES string of the molecule is COc1ccc(-c2cc(NC(C)=O)cc(Nc3ccc(Br)cc3[N+](=O)[O-])c2)c(F)c1. The average Bonchev–Trinajstić information content (AvgIpc) is 2.68. The fourth-order valence-electron chi connectivity index (χ4n) is 2.90. The van der Waals surface area contributed by atoms with E-state index in [1.165, 1.54) is 26.2 Å². The Labute approximate surface area is 180 Å². The standard InChI is InChI=1S/C21H17BrFN3O4/c1-12(27)24-15-7-13(18-5-4-17(30-2)11-19(18)23)8-16(10-15)25-20-6-3-14(22)9-21(20)26(28)29/h3-11,25H,1-2H3,(H,24,27). The maximum Gasteiger partial charge on any atom is 0.293 e. The number of amides is 1. The molecule has 0 saturated heterocycles. The van der Waals surface area contributed by atoms with Gasteiger partial charge in [0.05, 0.1) is 12.0 Å². The molecule has 0 saturated carbocycles. The molecule has 0 spiro atoms. The molecule has 30 heavy (non-hydrogen) atoms. The number of nitro benzene ring substituents is 1. The van der Waals surface area contributed by atoms with E-state index in [4.69, 9.17) is 4.74 Å². The monoisotopic (exact) mass is 473 g/mol. The first-order valence-electron chi connectivity index (χ1n) is 8.74. The molecule has 0 unspecified atom stereocenters. The lowest BCUT2D eigenvalue weighted by Gasteiger charge is -2.14. The van der Waals surface area contributed by atoms with Crippen LogP contribution in [-0.4, -0.2) is 17.9 Å². The number of halogens is 2. The van der Waals surface area contributed by atoms with Crippen LogP contribution >= 0.6 is 15.9 Å². The van der Waals surface area contributed by atoms with Crippen molar-refractivity contribution in [2.24, 2.45) is 0 Å². The van der Waals surface area contributed by atoms with Gasteiger partial charge in [-0.2, -0.15) is 0 Å². The summed E-state index contributed by atoms with van der Waals surface area (Å²) >= 11 is 3.22. The van der Waals surface area contributed by atoms with E-state index in [1.807, 2.05) is 0 Å². The zero-order valence-electron chi connectivity index (χ0n) is 16.0. The minimum atomic E-state index is -0.505. The fraction of sp³-hybridized carbons (Fsp3) is 0.0952. The maximum absolute atomic E-state index is 14.6. The molecular formula is C21H17BrFN3O4. The number of benzene rings is 3. The van der Waals surface area contributed by atoms with Crippen LogP contribution in [0.25, 0.3) is 11.1 Å². The largest absolute Gasteiger partial charge is 0.497 e. The Balaban J connectivity index is 2.08. The molecule has 9 heteroatoms. The number of nitro groups is 1. The van der Waals surface area contributed by atoms with Gasteiger partial charge in [0.1, 0.15) is 17.3 Å². The van der Waals surface area contributed by atoms with Crippen LogP contribution in [-0.2, 0) is 4.79 Å². The van der Waals surface area contributed by atoms with Crippen molar-refractivity contribution >= 4 is 44.6 Å². The fourth-order valence-corrected chi connectivity index (χ4v) is 3.25. The van der Waals surface area contributed by atoms with Crippen molar-refractivity contribution in [2.45, 2.75) is 6.92 Å². The van der Waals surface area contributed by atoms with Crippen LogP contribution in [0.15, 0.2) is 59.1 Å². The lowest BCUT2D eigenvalue weighted by atomic mass is 10.0. The number of carbonyl (C=O) groups excluding carboxylic acids is 1. The van der Waals surface area contributed by atoms with E-state index in [0.29, 0.717) is 27.2 Å². The van der Waals surface area contributed by atoms with Gasteiger partial charge in [-0.3, -0.25) is 14.9 Å². The highest BCUT2D eigenvalue weighted by molar-refractivity contribution is 9.10. The van der Waals surface area contributed by atoms with Gasteiger partial charge in [-0.1, -0.05) is 15.9 Å². The molecule has 3 rings (SSSR count). The van der Waals surface area contributed by atoms with Crippen LogP contribution in [0.4, 0.5) is 27.1 Å². The van der Waals surface area contributed by atoms with Gasteiger partial charge in [0.15, 0.2) is 0 Å². The van der Waals surface area contributed by atoms with Crippen LogP contribution in [0, 0.1) is 15.9 Å². The van der Waals surface area contributed by atoms with Crippen LogP contribution in [0.2, 0.25) is 0 Å². The van der Waals surface area contributed by atoms with E-state index in [-0.39, 0.29) is 22.8 Å². The van der Waals surface area contributed by atoms with Crippen molar-refractivity contribution in [1.29, 1.82) is 0 Å². The first-order chi connectivity index (χ1) is 14.3. The number of anilines is 3. The highest BCUT2D eigenvalue weighted by Gasteiger charge is 2.16. The van der Waals surface area contributed by atoms with Crippen molar-refractivity contribution < 1.29 is 18.8 Å². The quantitative estimate of drug-likeness (QED) is 0.344. The normalized spacial score (nSPS) is 10.4. The molecule has 0 fully saturated rings. The molecule has 2 N–H and O–H groups in total. The lowest BCUT2D eigenvalue weighted by molar-refractivity contribution is -0.384. The summed E-state index contributed by atoms with van der Waals surface area (Å²) in [7, 11) is 1.44. The number of rotatable bonds is 6. The van der Waals surface area contributed by atoms with Gasteiger partial charge in [-0.05, 0) is 48.0 Å². The van der Waals surface area contributed by atoms with E-state index in [0.717, 1.165) is 0 Å². The first-order valence-corrected chi connectivity index (χ1v) is 9.53. The molecule has 0 aliphatic carbocycles. The summed E-state index contributed by atoms with van der Waals surface area (Å²) in [4.78, 5) is 22.4. The molecule has 3 aromatic rings. The number of hydrogen-bond donors (Lipinski definition) is 2. The van der Waals surface area contributed by atoms with Crippen LogP contribution in [0.5, 0.6) is 5.75 Å². The number of hydrogen-bond acceptors (Lipinski definition) is 5. The van der Waals surface area contributed by atoms with Crippen LogP contribution in [0.3, 0.4) is 0 Å². The minimum absolute atomic E-state index is 0.133. The van der Waals surface area contributed by atoms with Gasteiger partial charge < -0.3 is 15.4 Å². The Morgan fingerprint density at radius 1 is 1.10 bits per heavy atom. The summed E-state index contributed by atoms with van der Waals surface area (Å²) < 4.78 is 20.2. The zero-order valence-corrected chi connectivity index (χ0v) is 17.6. The summed E-state index contributed by atoms with van der Waals surface area (Å²) in [6.07, 6.45) is 0. The van der Waals surface area contributed by atoms with Gasteiger partial charge in [-0.15, -0.1) is 0 Å². The highest BCUT2D eigenvalue weighted by atomic mass is 79.9. The predicted octanol–water partition coefficient (Wildman–Crippen LogP) is 5.87.